The molecule has 0 atom stereocenters. The fourth-order valence-electron chi connectivity index (χ4n) is 1.49. The number of hydrogen-bond acceptors (Lipinski definition) is 2. The highest BCUT2D eigenvalue weighted by Crippen LogP contribution is 2.26. The third-order valence-electron chi connectivity index (χ3n) is 2.53. The lowest BCUT2D eigenvalue weighted by atomic mass is 10.1. The molecule has 1 aromatic heterocycles. The quantitative estimate of drug-likeness (QED) is 0.638. The number of aromatic nitrogens is 2. The first kappa shape index (κ1) is 15.6. The molecule has 1 aromatic rings. The highest BCUT2D eigenvalue weighted by molar-refractivity contribution is 5.98. The van der Waals surface area contributed by atoms with Crippen molar-refractivity contribution in [2.75, 3.05) is 0 Å². The Balaban J connectivity index is 3.25. The smallest absolute Gasteiger partial charge is 0.160 e. The first-order chi connectivity index (χ1) is 9.46. The summed E-state index contributed by atoms with van der Waals surface area (Å²) in [5.41, 5.74) is 6.41. The molecule has 0 unspecified atom stereocenters. The van der Waals surface area contributed by atoms with E-state index in [1.54, 1.807) is 6.92 Å². The van der Waals surface area contributed by atoms with E-state index in [-0.39, 0.29) is 17.2 Å². The summed E-state index contributed by atoms with van der Waals surface area (Å²) in [5.74, 6) is -1.48. The Kier molecular flexibility index (Phi) is 5.14. The van der Waals surface area contributed by atoms with Crippen LogP contribution in [0.5, 0.6) is 0 Å². The minimum absolute atomic E-state index is 0.0962. The number of nitrogens with zero attached hydrogens (tertiary/aromatic N) is 2. The van der Waals surface area contributed by atoms with E-state index in [2.05, 4.69) is 28.3 Å². The summed E-state index contributed by atoms with van der Waals surface area (Å²) < 4.78 is 26.8. The molecule has 1 rings (SSSR count). The van der Waals surface area contributed by atoms with E-state index in [0.717, 1.165) is 0 Å². The fourth-order valence-corrected chi connectivity index (χ4v) is 1.49. The van der Waals surface area contributed by atoms with Crippen LogP contribution in [-0.4, -0.2) is 16.0 Å². The molecule has 0 radical (unpaired) electrons. The van der Waals surface area contributed by atoms with Crippen molar-refractivity contribution in [2.24, 2.45) is 10.7 Å². The molecule has 0 amide bonds. The summed E-state index contributed by atoms with van der Waals surface area (Å²) in [6.07, 6.45) is 3.87. The third-order valence-corrected chi connectivity index (χ3v) is 2.53. The minimum Gasteiger partial charge on any atom is -0.381 e. The molecular formula is C14H16F2N4. The zero-order chi connectivity index (χ0) is 15.3. The lowest BCUT2D eigenvalue weighted by Gasteiger charge is -2.01. The summed E-state index contributed by atoms with van der Waals surface area (Å²) in [4.78, 5) is 3.82. The number of halogens is 2. The van der Waals surface area contributed by atoms with E-state index in [0.29, 0.717) is 11.3 Å². The second-order valence-corrected chi connectivity index (χ2v) is 3.78. The van der Waals surface area contributed by atoms with Crippen molar-refractivity contribution in [2.45, 2.75) is 13.8 Å². The fraction of sp³-hybridized carbons (Fsp3) is 0.143. The van der Waals surface area contributed by atoms with Crippen LogP contribution in [0.25, 0.3) is 17.6 Å². The van der Waals surface area contributed by atoms with Crippen LogP contribution in [0.4, 0.5) is 8.78 Å². The van der Waals surface area contributed by atoms with Gasteiger partial charge in [-0.2, -0.15) is 5.10 Å². The molecule has 0 bridgehead atoms. The van der Waals surface area contributed by atoms with Gasteiger partial charge in [0.1, 0.15) is 11.5 Å². The van der Waals surface area contributed by atoms with Gasteiger partial charge in [0.15, 0.2) is 11.7 Å². The van der Waals surface area contributed by atoms with Crippen LogP contribution in [0.15, 0.2) is 36.1 Å². The molecule has 0 aromatic carbocycles. The number of aliphatic imine (C=N–C) groups is 1. The first-order valence-corrected chi connectivity index (χ1v) is 5.84. The summed E-state index contributed by atoms with van der Waals surface area (Å²) in [5, 5.41) is 6.43. The molecule has 3 N–H and O–H groups in total. The molecule has 0 aliphatic carbocycles. The molecule has 4 nitrogen and oxygen atoms in total. The summed E-state index contributed by atoms with van der Waals surface area (Å²) in [6, 6.07) is 0. The third kappa shape index (κ3) is 3.09. The number of hydrogen-bond donors (Lipinski definition) is 2. The molecule has 0 spiro atoms. The van der Waals surface area contributed by atoms with Crippen LogP contribution in [0.2, 0.25) is 0 Å². The zero-order valence-electron chi connectivity index (χ0n) is 11.4. The standard InChI is InChI=1S/C14H16F2N4/c1-5-9-12(19-20-13(9)10(15)6-2)8(4)18-14(17)11(16)7-3/h5-7H,1,4H2,2-3H3,(H2,17,18)(H,19,20)/b10-6+,11-7+. The Labute approximate surface area is 116 Å². The highest BCUT2D eigenvalue weighted by atomic mass is 19.1. The van der Waals surface area contributed by atoms with E-state index in [1.165, 1.54) is 25.2 Å². The van der Waals surface area contributed by atoms with Crippen LogP contribution in [0.1, 0.15) is 30.8 Å². The lowest BCUT2D eigenvalue weighted by molar-refractivity contribution is 0.677. The Morgan fingerprint density at radius 3 is 2.50 bits per heavy atom. The van der Waals surface area contributed by atoms with Gasteiger partial charge in [0.25, 0.3) is 0 Å². The lowest BCUT2D eigenvalue weighted by Crippen LogP contribution is -2.12. The number of aromatic amines is 1. The van der Waals surface area contributed by atoms with Crippen molar-refractivity contribution < 1.29 is 8.78 Å². The molecule has 6 heteroatoms. The van der Waals surface area contributed by atoms with Crippen molar-refractivity contribution in [3.05, 3.63) is 48.1 Å². The Morgan fingerprint density at radius 1 is 1.35 bits per heavy atom. The van der Waals surface area contributed by atoms with Crippen molar-refractivity contribution in [1.29, 1.82) is 0 Å². The van der Waals surface area contributed by atoms with E-state index >= 15 is 0 Å². The van der Waals surface area contributed by atoms with Gasteiger partial charge in [-0.1, -0.05) is 19.2 Å². The average Bonchev–Trinajstić information content (AvgIpc) is 2.88. The van der Waals surface area contributed by atoms with E-state index < -0.39 is 11.7 Å². The monoisotopic (exact) mass is 278 g/mol. The summed E-state index contributed by atoms with van der Waals surface area (Å²) in [6.45, 7) is 10.3. The molecular weight excluding hydrogens is 262 g/mol. The molecule has 1 heterocycles. The van der Waals surface area contributed by atoms with Gasteiger partial charge in [-0.15, -0.1) is 0 Å². The van der Waals surface area contributed by atoms with Crippen LogP contribution >= 0.6 is 0 Å². The van der Waals surface area contributed by atoms with Gasteiger partial charge in [0.05, 0.1) is 11.4 Å². The van der Waals surface area contributed by atoms with Crippen molar-refractivity contribution in [3.8, 4) is 0 Å². The number of nitrogens with two attached hydrogens (primary N) is 1. The van der Waals surface area contributed by atoms with Crippen LogP contribution < -0.4 is 5.73 Å². The van der Waals surface area contributed by atoms with Crippen molar-refractivity contribution in [1.82, 2.24) is 10.2 Å². The highest BCUT2D eigenvalue weighted by Gasteiger charge is 2.16. The van der Waals surface area contributed by atoms with Gasteiger partial charge in [-0.3, -0.25) is 5.10 Å². The molecule has 106 valence electrons. The molecule has 0 fully saturated rings. The topological polar surface area (TPSA) is 67.1 Å². The molecule has 0 saturated heterocycles. The van der Waals surface area contributed by atoms with Gasteiger partial charge < -0.3 is 5.73 Å². The molecule has 0 aliphatic heterocycles. The number of H-pyrrole nitrogens is 1. The van der Waals surface area contributed by atoms with Crippen LogP contribution in [-0.2, 0) is 0 Å². The van der Waals surface area contributed by atoms with E-state index in [4.69, 9.17) is 5.73 Å². The van der Waals surface area contributed by atoms with Crippen molar-refractivity contribution in [3.63, 3.8) is 0 Å². The second kappa shape index (κ2) is 6.60. The number of allylic oxidation sites excluding steroid dienone is 2. The summed E-state index contributed by atoms with van der Waals surface area (Å²) >= 11 is 0. The normalized spacial score (nSPS) is 13.5. The van der Waals surface area contributed by atoms with E-state index in [9.17, 15) is 8.78 Å². The van der Waals surface area contributed by atoms with Gasteiger partial charge >= 0.3 is 0 Å². The van der Waals surface area contributed by atoms with E-state index in [1.807, 2.05) is 0 Å². The number of amidine groups is 1. The van der Waals surface area contributed by atoms with Gasteiger partial charge in [-0.25, -0.2) is 13.8 Å². The second-order valence-electron chi connectivity index (χ2n) is 3.78. The Hall–Kier alpha value is -2.50. The van der Waals surface area contributed by atoms with Crippen LogP contribution in [0.3, 0.4) is 0 Å². The maximum atomic E-state index is 13.6. The number of nitrogens with one attached hydrogen (secondary N) is 1. The largest absolute Gasteiger partial charge is 0.381 e. The predicted molar refractivity (Wildman–Crippen MR) is 79.0 cm³/mol. The van der Waals surface area contributed by atoms with Crippen molar-refractivity contribution >= 4 is 23.4 Å². The summed E-state index contributed by atoms with van der Waals surface area (Å²) in [7, 11) is 0. The molecule has 0 saturated carbocycles. The predicted octanol–water partition coefficient (Wildman–Crippen LogP) is 3.58. The maximum absolute atomic E-state index is 13.6. The SMILES string of the molecule is C=Cc1c(/C(F)=C\C)n[nH]c1C(=C)N=C(N)/C(F)=C\C. The van der Waals surface area contributed by atoms with Gasteiger partial charge in [0, 0.05) is 5.56 Å². The van der Waals surface area contributed by atoms with Crippen LogP contribution in [0, 0.1) is 0 Å². The van der Waals surface area contributed by atoms with Gasteiger partial charge in [-0.05, 0) is 26.0 Å². The Morgan fingerprint density at radius 2 is 2.00 bits per heavy atom. The molecule has 0 aliphatic rings. The first-order valence-electron chi connectivity index (χ1n) is 5.84. The number of rotatable bonds is 5. The average molecular weight is 278 g/mol. The molecule has 20 heavy (non-hydrogen) atoms. The zero-order valence-corrected chi connectivity index (χ0v) is 11.4. The Bertz CT molecular complexity index is 621. The van der Waals surface area contributed by atoms with Gasteiger partial charge in [0.2, 0.25) is 0 Å². The maximum Gasteiger partial charge on any atom is 0.160 e. The minimum atomic E-state index is -0.661.